The van der Waals surface area contributed by atoms with Crippen LogP contribution >= 0.6 is 0 Å². The van der Waals surface area contributed by atoms with Crippen molar-refractivity contribution >= 4 is 6.03 Å². The van der Waals surface area contributed by atoms with Crippen LogP contribution in [0.15, 0.2) is 53.5 Å². The summed E-state index contributed by atoms with van der Waals surface area (Å²) in [6, 6.07) is 13.0. The van der Waals surface area contributed by atoms with Crippen molar-refractivity contribution in [3.05, 3.63) is 70.1 Å². The number of amides is 2. The van der Waals surface area contributed by atoms with Gasteiger partial charge in [-0.25, -0.2) is 4.79 Å². The second-order valence-electron chi connectivity index (χ2n) is 7.74. The van der Waals surface area contributed by atoms with Crippen LogP contribution in [-0.2, 0) is 22.6 Å². The molecule has 2 aliphatic rings. The van der Waals surface area contributed by atoms with E-state index in [1.54, 1.807) is 22.9 Å². The molecule has 4 rings (SSSR count). The van der Waals surface area contributed by atoms with Crippen molar-refractivity contribution in [1.82, 2.24) is 14.8 Å². The number of hydrogen-bond acceptors (Lipinski definition) is 4. The van der Waals surface area contributed by atoms with Gasteiger partial charge in [0.15, 0.2) is 0 Å². The molecule has 1 N–H and O–H groups in total. The van der Waals surface area contributed by atoms with E-state index in [1.165, 1.54) is 0 Å². The molecule has 1 aromatic heterocycles. The lowest BCUT2D eigenvalue weighted by molar-refractivity contribution is -0.125. The molecule has 2 aromatic rings. The molecule has 0 saturated carbocycles. The predicted molar refractivity (Wildman–Crippen MR) is 109 cm³/mol. The molecule has 1 spiro atoms. The fourth-order valence-electron chi connectivity index (χ4n) is 3.98. The van der Waals surface area contributed by atoms with Gasteiger partial charge in [0.2, 0.25) is 0 Å². The van der Waals surface area contributed by atoms with E-state index in [1.807, 2.05) is 42.2 Å². The van der Waals surface area contributed by atoms with Crippen LogP contribution in [0.1, 0.15) is 24.5 Å². The highest BCUT2D eigenvalue weighted by Gasteiger charge is 2.46. The summed E-state index contributed by atoms with van der Waals surface area (Å²) >= 11 is 0. The Balaban J connectivity index is 1.31. The molecule has 2 aliphatic heterocycles. The van der Waals surface area contributed by atoms with Gasteiger partial charge in [-0.3, -0.25) is 4.79 Å². The lowest BCUT2D eigenvalue weighted by atomic mass is 9.94. The first kappa shape index (κ1) is 19.7. The number of hydrogen-bond donors (Lipinski definition) is 1. The summed E-state index contributed by atoms with van der Waals surface area (Å²) in [4.78, 5) is 26.3. The average Bonchev–Trinajstić information content (AvgIpc) is 3.08. The van der Waals surface area contributed by atoms with Crippen LogP contribution in [0.25, 0.3) is 0 Å². The van der Waals surface area contributed by atoms with E-state index in [9.17, 15) is 9.59 Å². The number of nitrogens with one attached hydrogen (secondary N) is 1. The second-order valence-corrected chi connectivity index (χ2v) is 7.74. The minimum atomic E-state index is -0.368. The number of rotatable bonds is 4. The van der Waals surface area contributed by atoms with Crippen LogP contribution in [0, 0.1) is 0 Å². The number of ether oxygens (including phenoxy) is 2. The van der Waals surface area contributed by atoms with Gasteiger partial charge in [0.25, 0.3) is 5.56 Å². The van der Waals surface area contributed by atoms with E-state index in [0.29, 0.717) is 39.4 Å². The summed E-state index contributed by atoms with van der Waals surface area (Å²) in [6.07, 6.45) is 2.61. The van der Waals surface area contributed by atoms with E-state index in [-0.39, 0.29) is 23.3 Å². The second kappa shape index (κ2) is 8.39. The van der Waals surface area contributed by atoms with Crippen LogP contribution in [0.2, 0.25) is 0 Å². The SMILES string of the molecule is CC1OCCC12CN(C(=O)NCc1ccc(Cn3ccccc3=O)cc1)CCO2. The third kappa shape index (κ3) is 4.36. The molecular formula is C22H27N3O4. The molecule has 154 valence electrons. The maximum Gasteiger partial charge on any atom is 0.317 e. The van der Waals surface area contributed by atoms with Crippen LogP contribution in [0.5, 0.6) is 0 Å². The fraction of sp³-hybridized carbons (Fsp3) is 0.455. The monoisotopic (exact) mass is 397 g/mol. The molecule has 0 aliphatic carbocycles. The van der Waals surface area contributed by atoms with Gasteiger partial charge in [-0.05, 0) is 24.1 Å². The minimum absolute atomic E-state index is 0.00256. The summed E-state index contributed by atoms with van der Waals surface area (Å²) in [5, 5.41) is 3.00. The number of morpholine rings is 1. The first-order valence-electron chi connectivity index (χ1n) is 10.1. The number of aromatic nitrogens is 1. The molecule has 29 heavy (non-hydrogen) atoms. The molecule has 7 heteroatoms. The van der Waals surface area contributed by atoms with E-state index < -0.39 is 0 Å². The zero-order valence-corrected chi connectivity index (χ0v) is 16.7. The maximum absolute atomic E-state index is 12.6. The highest BCUT2D eigenvalue weighted by Crippen LogP contribution is 2.33. The Morgan fingerprint density at radius 1 is 1.17 bits per heavy atom. The van der Waals surface area contributed by atoms with Gasteiger partial charge in [0.05, 0.1) is 25.8 Å². The van der Waals surface area contributed by atoms with Crippen molar-refractivity contribution in [1.29, 1.82) is 0 Å². The summed E-state index contributed by atoms with van der Waals surface area (Å²) in [6.45, 7) is 5.37. The summed E-state index contributed by atoms with van der Waals surface area (Å²) in [5.41, 5.74) is 1.67. The van der Waals surface area contributed by atoms with E-state index >= 15 is 0 Å². The van der Waals surface area contributed by atoms with Crippen molar-refractivity contribution in [3.63, 3.8) is 0 Å². The van der Waals surface area contributed by atoms with Crippen molar-refractivity contribution in [3.8, 4) is 0 Å². The van der Waals surface area contributed by atoms with Gasteiger partial charge in [-0.1, -0.05) is 30.3 Å². The highest BCUT2D eigenvalue weighted by molar-refractivity contribution is 5.74. The Labute approximate surface area is 170 Å². The summed E-state index contributed by atoms with van der Waals surface area (Å²) < 4.78 is 13.3. The number of pyridine rings is 1. The molecule has 2 atom stereocenters. The minimum Gasteiger partial charge on any atom is -0.375 e. The lowest BCUT2D eigenvalue weighted by Gasteiger charge is -2.41. The quantitative estimate of drug-likeness (QED) is 0.856. The topological polar surface area (TPSA) is 72.8 Å². The van der Waals surface area contributed by atoms with E-state index in [4.69, 9.17) is 9.47 Å². The normalized spacial score (nSPS) is 24.0. The lowest BCUT2D eigenvalue weighted by Crippen LogP contribution is -2.58. The van der Waals surface area contributed by atoms with E-state index in [0.717, 1.165) is 17.5 Å². The van der Waals surface area contributed by atoms with Gasteiger partial charge < -0.3 is 24.3 Å². The standard InChI is InChI=1S/C22H27N3O4/c1-17-22(9-12-28-17)16-25(11-13-29-22)21(27)23-14-18-5-7-19(8-6-18)15-24-10-3-2-4-20(24)26/h2-8,10,17H,9,11-16H2,1H3,(H,23,27). The highest BCUT2D eigenvalue weighted by atomic mass is 16.6. The summed E-state index contributed by atoms with van der Waals surface area (Å²) in [7, 11) is 0. The van der Waals surface area contributed by atoms with E-state index in [2.05, 4.69) is 5.32 Å². The first-order valence-corrected chi connectivity index (χ1v) is 10.1. The van der Waals surface area contributed by atoms with Crippen molar-refractivity contribution in [2.24, 2.45) is 0 Å². The largest absolute Gasteiger partial charge is 0.375 e. The predicted octanol–water partition coefficient (Wildman–Crippen LogP) is 1.99. The fourth-order valence-corrected chi connectivity index (χ4v) is 3.98. The number of carbonyl (C=O) groups excluding carboxylic acids is 1. The first-order chi connectivity index (χ1) is 14.1. The molecule has 0 radical (unpaired) electrons. The third-order valence-corrected chi connectivity index (χ3v) is 5.85. The van der Waals surface area contributed by atoms with Crippen molar-refractivity contribution < 1.29 is 14.3 Å². The van der Waals surface area contributed by atoms with Gasteiger partial charge in [-0.2, -0.15) is 0 Å². The molecule has 2 amide bonds. The Morgan fingerprint density at radius 3 is 2.69 bits per heavy atom. The zero-order valence-electron chi connectivity index (χ0n) is 16.7. The average molecular weight is 397 g/mol. The Bertz CT molecular complexity index is 911. The van der Waals surface area contributed by atoms with Gasteiger partial charge >= 0.3 is 6.03 Å². The van der Waals surface area contributed by atoms with Crippen molar-refractivity contribution in [2.75, 3.05) is 26.3 Å². The molecule has 3 heterocycles. The Morgan fingerprint density at radius 2 is 1.97 bits per heavy atom. The Kier molecular flexibility index (Phi) is 5.69. The van der Waals surface area contributed by atoms with Gasteiger partial charge in [0, 0.05) is 38.4 Å². The third-order valence-electron chi connectivity index (χ3n) is 5.85. The number of carbonyl (C=O) groups is 1. The van der Waals surface area contributed by atoms with Crippen LogP contribution < -0.4 is 10.9 Å². The zero-order chi connectivity index (χ0) is 20.3. The van der Waals surface area contributed by atoms with Crippen LogP contribution in [0.3, 0.4) is 0 Å². The number of nitrogens with zero attached hydrogens (tertiary/aromatic N) is 2. The molecule has 0 bridgehead atoms. The number of benzene rings is 1. The molecule has 7 nitrogen and oxygen atoms in total. The molecule has 2 saturated heterocycles. The number of urea groups is 1. The van der Waals surface area contributed by atoms with Crippen molar-refractivity contribution in [2.45, 2.75) is 38.1 Å². The van der Waals surface area contributed by atoms with Gasteiger partial charge in [-0.15, -0.1) is 0 Å². The van der Waals surface area contributed by atoms with Gasteiger partial charge in [0.1, 0.15) is 5.60 Å². The molecule has 2 unspecified atom stereocenters. The van der Waals surface area contributed by atoms with Crippen LogP contribution in [-0.4, -0.2) is 53.5 Å². The molecular weight excluding hydrogens is 370 g/mol. The molecule has 2 fully saturated rings. The smallest absolute Gasteiger partial charge is 0.317 e. The maximum atomic E-state index is 12.6. The Hall–Kier alpha value is -2.64. The molecule has 1 aromatic carbocycles. The summed E-state index contributed by atoms with van der Waals surface area (Å²) in [5.74, 6) is 0. The van der Waals surface area contributed by atoms with Crippen LogP contribution in [0.4, 0.5) is 4.79 Å².